The zero-order valence-corrected chi connectivity index (χ0v) is 13.9. The lowest BCUT2D eigenvalue weighted by atomic mass is 10.1. The maximum absolute atomic E-state index is 11.7. The summed E-state index contributed by atoms with van der Waals surface area (Å²) in [6.07, 6.45) is 0.488. The highest BCUT2D eigenvalue weighted by Crippen LogP contribution is 2.33. The Hall–Kier alpha value is -2.57. The first-order valence-corrected chi connectivity index (χ1v) is 7.35. The minimum absolute atomic E-state index is 0.149. The van der Waals surface area contributed by atoms with Crippen LogP contribution >= 0.6 is 11.6 Å². The first-order chi connectivity index (χ1) is 11.6. The zero-order valence-electron chi connectivity index (χ0n) is 13.2. The Balaban J connectivity index is 2.27. The van der Waals surface area contributed by atoms with Crippen LogP contribution in [0.4, 0.5) is 5.69 Å². The van der Waals surface area contributed by atoms with E-state index < -0.39 is 5.97 Å². The van der Waals surface area contributed by atoms with Gasteiger partial charge in [0.2, 0.25) is 6.41 Å². The lowest BCUT2D eigenvalue weighted by molar-refractivity contribution is -0.114. The summed E-state index contributed by atoms with van der Waals surface area (Å²) >= 11 is 6.17. The monoisotopic (exact) mass is 349 g/mol. The highest BCUT2D eigenvalue weighted by Gasteiger charge is 2.20. The molecule has 0 aliphatic rings. The average Bonchev–Trinajstić information content (AvgIpc) is 2.63. The number of rotatable bonds is 7. The minimum Gasteiger partial charge on any atom is -0.496 e. The van der Waals surface area contributed by atoms with Gasteiger partial charge in [0.1, 0.15) is 17.9 Å². The second-order valence-corrected chi connectivity index (χ2v) is 5.09. The maximum atomic E-state index is 11.7. The van der Waals surface area contributed by atoms with Crippen molar-refractivity contribution < 1.29 is 23.9 Å². The van der Waals surface area contributed by atoms with E-state index in [2.05, 4.69) is 4.74 Å². The van der Waals surface area contributed by atoms with Gasteiger partial charge in [-0.3, -0.25) is 9.63 Å². The van der Waals surface area contributed by atoms with Crippen molar-refractivity contribution in [3.05, 3.63) is 58.6 Å². The number of hydrogen-bond acceptors (Lipinski definition) is 5. The van der Waals surface area contributed by atoms with Crippen LogP contribution in [0.3, 0.4) is 0 Å². The van der Waals surface area contributed by atoms with Crippen molar-refractivity contribution in [1.29, 1.82) is 0 Å². The van der Waals surface area contributed by atoms with Crippen LogP contribution in [-0.4, -0.2) is 26.6 Å². The second-order valence-electron chi connectivity index (χ2n) is 4.69. The van der Waals surface area contributed by atoms with E-state index in [1.807, 2.05) is 30.3 Å². The van der Waals surface area contributed by atoms with Gasteiger partial charge >= 0.3 is 5.97 Å². The second kappa shape index (κ2) is 8.33. The Labute approximate surface area is 144 Å². The molecule has 0 saturated carbocycles. The van der Waals surface area contributed by atoms with E-state index in [-0.39, 0.29) is 28.6 Å². The number of amides is 1. The molecule has 6 nitrogen and oxygen atoms in total. The number of carbonyl (C=O) groups is 2. The molecule has 0 aromatic heterocycles. The normalized spacial score (nSPS) is 10.1. The molecule has 0 unspecified atom stereocenters. The van der Waals surface area contributed by atoms with Crippen molar-refractivity contribution >= 4 is 29.7 Å². The fourth-order valence-corrected chi connectivity index (χ4v) is 2.27. The van der Waals surface area contributed by atoms with Crippen molar-refractivity contribution in [3.63, 3.8) is 0 Å². The molecule has 2 aromatic rings. The van der Waals surface area contributed by atoms with Gasteiger partial charge in [-0.2, -0.15) is 5.06 Å². The van der Waals surface area contributed by atoms with Crippen LogP contribution in [0.2, 0.25) is 5.02 Å². The molecule has 0 spiro atoms. The van der Waals surface area contributed by atoms with Crippen LogP contribution in [0.1, 0.15) is 15.9 Å². The topological polar surface area (TPSA) is 65.1 Å². The fourth-order valence-electron chi connectivity index (χ4n) is 2.02. The predicted octanol–water partition coefficient (Wildman–Crippen LogP) is 3.23. The average molecular weight is 350 g/mol. The Bertz CT molecular complexity index is 720. The molecule has 2 aromatic carbocycles. The number of hydrogen-bond donors (Lipinski definition) is 0. The first kappa shape index (κ1) is 17.8. The van der Waals surface area contributed by atoms with Crippen molar-refractivity contribution in [1.82, 2.24) is 0 Å². The van der Waals surface area contributed by atoms with Crippen LogP contribution in [0.25, 0.3) is 0 Å². The number of anilines is 1. The third-order valence-electron chi connectivity index (χ3n) is 3.22. The van der Waals surface area contributed by atoms with Crippen LogP contribution in [-0.2, 0) is 21.0 Å². The largest absolute Gasteiger partial charge is 0.496 e. The molecule has 0 aliphatic heterocycles. The smallest absolute Gasteiger partial charge is 0.341 e. The molecule has 126 valence electrons. The summed E-state index contributed by atoms with van der Waals surface area (Å²) in [4.78, 5) is 28.6. The van der Waals surface area contributed by atoms with Crippen LogP contribution in [0, 0.1) is 0 Å². The van der Waals surface area contributed by atoms with E-state index in [1.54, 1.807) is 0 Å². The Morgan fingerprint density at radius 1 is 1.21 bits per heavy atom. The van der Waals surface area contributed by atoms with E-state index in [0.29, 0.717) is 6.41 Å². The summed E-state index contributed by atoms with van der Waals surface area (Å²) in [6.45, 7) is 0.178. The molecule has 0 heterocycles. The molecule has 0 atom stereocenters. The summed E-state index contributed by atoms with van der Waals surface area (Å²) in [7, 11) is 2.65. The van der Waals surface area contributed by atoms with Gasteiger partial charge < -0.3 is 9.47 Å². The molecular formula is C17H16ClNO5. The number of carbonyl (C=O) groups excluding carboxylic acids is 2. The number of benzene rings is 2. The maximum Gasteiger partial charge on any atom is 0.341 e. The lowest BCUT2D eigenvalue weighted by Gasteiger charge is -2.20. The lowest BCUT2D eigenvalue weighted by Crippen LogP contribution is -2.22. The van der Waals surface area contributed by atoms with Gasteiger partial charge in [-0.1, -0.05) is 41.9 Å². The molecule has 24 heavy (non-hydrogen) atoms. The number of ether oxygens (including phenoxy) is 2. The standard InChI is InChI=1S/C17H16ClNO5/c1-22-16-9-15(14(18)8-13(16)17(21)23-2)19(11-20)24-10-12-6-4-3-5-7-12/h3-9,11H,10H2,1-2H3. The van der Waals surface area contributed by atoms with Gasteiger partial charge in [0.25, 0.3) is 0 Å². The van der Waals surface area contributed by atoms with Gasteiger partial charge in [0.15, 0.2) is 0 Å². The SMILES string of the molecule is COC(=O)c1cc(Cl)c(N(C=O)OCc2ccccc2)cc1OC. The van der Waals surface area contributed by atoms with Crippen molar-refractivity contribution in [2.45, 2.75) is 6.61 Å². The van der Waals surface area contributed by atoms with Crippen LogP contribution in [0.5, 0.6) is 5.75 Å². The number of nitrogens with zero attached hydrogens (tertiary/aromatic N) is 1. The molecule has 0 fully saturated rings. The van der Waals surface area contributed by atoms with Gasteiger partial charge in [0, 0.05) is 6.07 Å². The molecule has 0 radical (unpaired) electrons. The summed E-state index contributed by atoms with van der Waals surface area (Å²) in [6, 6.07) is 12.2. The molecule has 0 aliphatic carbocycles. The van der Waals surface area contributed by atoms with Gasteiger partial charge in [0.05, 0.1) is 24.9 Å². The van der Waals surface area contributed by atoms with Gasteiger partial charge in [-0.25, -0.2) is 4.79 Å². The number of methoxy groups -OCH3 is 2. The molecular weight excluding hydrogens is 334 g/mol. The highest BCUT2D eigenvalue weighted by atomic mass is 35.5. The van der Waals surface area contributed by atoms with E-state index in [9.17, 15) is 9.59 Å². The predicted molar refractivity (Wildman–Crippen MR) is 89.1 cm³/mol. The first-order valence-electron chi connectivity index (χ1n) is 6.98. The summed E-state index contributed by atoms with van der Waals surface area (Å²) in [5.74, 6) is -0.375. The quantitative estimate of drug-likeness (QED) is 0.436. The molecule has 1 amide bonds. The van der Waals surface area contributed by atoms with Gasteiger partial charge in [-0.05, 0) is 11.6 Å². The van der Waals surface area contributed by atoms with E-state index >= 15 is 0 Å². The minimum atomic E-state index is -0.594. The summed E-state index contributed by atoms with van der Waals surface area (Å²) in [5.41, 5.74) is 1.30. The van der Waals surface area contributed by atoms with E-state index in [4.69, 9.17) is 21.2 Å². The fraction of sp³-hybridized carbons (Fsp3) is 0.176. The van der Waals surface area contributed by atoms with Gasteiger partial charge in [-0.15, -0.1) is 0 Å². The highest BCUT2D eigenvalue weighted by molar-refractivity contribution is 6.34. The van der Waals surface area contributed by atoms with Crippen LogP contribution < -0.4 is 9.80 Å². The van der Waals surface area contributed by atoms with E-state index in [0.717, 1.165) is 10.6 Å². The van der Waals surface area contributed by atoms with E-state index in [1.165, 1.54) is 26.4 Å². The van der Waals surface area contributed by atoms with Crippen molar-refractivity contribution in [2.24, 2.45) is 0 Å². The molecule has 0 saturated heterocycles. The molecule has 0 bridgehead atoms. The van der Waals surface area contributed by atoms with Crippen molar-refractivity contribution in [3.8, 4) is 5.75 Å². The number of hydroxylamine groups is 1. The summed E-state index contributed by atoms with van der Waals surface area (Å²) < 4.78 is 9.84. The Kier molecular flexibility index (Phi) is 6.17. The van der Waals surface area contributed by atoms with Crippen molar-refractivity contribution in [2.75, 3.05) is 19.3 Å². The number of esters is 1. The summed E-state index contributed by atoms with van der Waals surface area (Å²) in [5, 5.41) is 1.13. The molecule has 2 rings (SSSR count). The third kappa shape index (κ3) is 4.04. The Morgan fingerprint density at radius 3 is 2.50 bits per heavy atom. The third-order valence-corrected chi connectivity index (χ3v) is 3.52. The number of halogens is 1. The van der Waals surface area contributed by atoms with Crippen LogP contribution in [0.15, 0.2) is 42.5 Å². The zero-order chi connectivity index (χ0) is 17.5. The molecule has 7 heteroatoms. The molecule has 0 N–H and O–H groups in total. The Morgan fingerprint density at radius 2 is 1.92 bits per heavy atom.